The van der Waals surface area contributed by atoms with Crippen molar-refractivity contribution >= 4 is 0 Å². The van der Waals surface area contributed by atoms with Crippen molar-refractivity contribution in [3.63, 3.8) is 0 Å². The van der Waals surface area contributed by atoms with E-state index in [1.807, 2.05) is 12.1 Å². The molecule has 2 aliphatic heterocycles. The third kappa shape index (κ3) is 1.97. The van der Waals surface area contributed by atoms with Crippen molar-refractivity contribution in [2.75, 3.05) is 26.3 Å². The molecule has 2 unspecified atom stereocenters. The van der Waals surface area contributed by atoms with E-state index in [1.54, 1.807) is 0 Å². The van der Waals surface area contributed by atoms with E-state index in [0.717, 1.165) is 18.0 Å². The molecule has 1 aromatic carbocycles. The summed E-state index contributed by atoms with van der Waals surface area (Å²) >= 11 is 0. The van der Waals surface area contributed by atoms with E-state index < -0.39 is 0 Å². The highest BCUT2D eigenvalue weighted by Crippen LogP contribution is 2.34. The van der Waals surface area contributed by atoms with Crippen LogP contribution in [0.3, 0.4) is 0 Å². The first-order chi connectivity index (χ1) is 8.38. The van der Waals surface area contributed by atoms with Crippen LogP contribution in [0.1, 0.15) is 11.6 Å². The monoisotopic (exact) mass is 235 g/mol. The zero-order chi connectivity index (χ0) is 11.7. The first-order valence-electron chi connectivity index (χ1n) is 5.96. The van der Waals surface area contributed by atoms with Gasteiger partial charge in [-0.3, -0.25) is 5.43 Å². The maximum atomic E-state index is 5.76. The van der Waals surface area contributed by atoms with Crippen molar-refractivity contribution in [2.24, 2.45) is 11.7 Å². The summed E-state index contributed by atoms with van der Waals surface area (Å²) in [5, 5.41) is 0. The molecule has 2 atom stereocenters. The van der Waals surface area contributed by atoms with Crippen molar-refractivity contribution < 1.29 is 9.47 Å². The summed E-state index contributed by atoms with van der Waals surface area (Å²) in [6, 6.07) is 6.33. The van der Waals surface area contributed by atoms with E-state index in [4.69, 9.17) is 15.2 Å². The molecule has 1 aromatic rings. The fourth-order valence-electron chi connectivity index (χ4n) is 2.36. The van der Waals surface area contributed by atoms with Crippen molar-refractivity contribution in [3.8, 4) is 11.5 Å². The van der Waals surface area contributed by atoms with Gasteiger partial charge in [-0.1, -0.05) is 6.07 Å². The largest absolute Gasteiger partial charge is 0.486 e. The number of hydrazine groups is 1. The fourth-order valence-corrected chi connectivity index (χ4v) is 2.36. The van der Waals surface area contributed by atoms with Gasteiger partial charge in [0.25, 0.3) is 0 Å². The molecule has 1 fully saturated rings. The molecule has 0 amide bonds. The normalized spacial score (nSPS) is 27.1. The molecule has 92 valence electrons. The zero-order valence-corrected chi connectivity index (χ0v) is 9.61. The minimum absolute atomic E-state index is 0.246. The molecule has 1 saturated heterocycles. The van der Waals surface area contributed by atoms with Crippen molar-refractivity contribution in [1.82, 2.24) is 10.9 Å². The van der Waals surface area contributed by atoms with Gasteiger partial charge in [-0.25, -0.2) is 5.43 Å². The summed E-state index contributed by atoms with van der Waals surface area (Å²) in [4.78, 5) is 0. The molecule has 5 heteroatoms. The lowest BCUT2D eigenvalue weighted by Gasteiger charge is -2.22. The van der Waals surface area contributed by atoms with Gasteiger partial charge in [0.2, 0.25) is 0 Å². The van der Waals surface area contributed by atoms with Gasteiger partial charge in [-0.2, -0.15) is 0 Å². The second-order valence-electron chi connectivity index (χ2n) is 4.40. The van der Waals surface area contributed by atoms with E-state index in [0.29, 0.717) is 25.7 Å². The molecule has 0 saturated carbocycles. The Bertz CT molecular complexity index is 411. The maximum Gasteiger partial charge on any atom is 0.161 e. The van der Waals surface area contributed by atoms with Crippen LogP contribution in [0.5, 0.6) is 11.5 Å². The molecule has 0 aromatic heterocycles. The van der Waals surface area contributed by atoms with Gasteiger partial charge in [0.15, 0.2) is 11.5 Å². The Kier molecular flexibility index (Phi) is 2.88. The van der Waals surface area contributed by atoms with Gasteiger partial charge in [0, 0.05) is 12.5 Å². The number of nitrogens with one attached hydrogen (secondary N) is 2. The van der Waals surface area contributed by atoms with E-state index >= 15 is 0 Å². The lowest BCUT2D eigenvalue weighted by Crippen LogP contribution is -2.26. The molecular weight excluding hydrogens is 218 g/mol. The molecule has 4 N–H and O–H groups in total. The molecule has 17 heavy (non-hydrogen) atoms. The van der Waals surface area contributed by atoms with Gasteiger partial charge in [0.05, 0.1) is 6.04 Å². The van der Waals surface area contributed by atoms with Crippen LogP contribution < -0.4 is 26.1 Å². The number of benzene rings is 1. The lowest BCUT2D eigenvalue weighted by atomic mass is 9.95. The Hall–Kier alpha value is -1.30. The lowest BCUT2D eigenvalue weighted by molar-refractivity contribution is 0.171. The highest BCUT2D eigenvalue weighted by Gasteiger charge is 2.28. The summed E-state index contributed by atoms with van der Waals surface area (Å²) in [6.07, 6.45) is 0. The van der Waals surface area contributed by atoms with Gasteiger partial charge in [-0.15, -0.1) is 0 Å². The molecule has 3 rings (SSSR count). The minimum Gasteiger partial charge on any atom is -0.486 e. The zero-order valence-electron chi connectivity index (χ0n) is 9.61. The number of ether oxygens (including phenoxy) is 2. The van der Waals surface area contributed by atoms with Crippen LogP contribution in [0, 0.1) is 5.92 Å². The van der Waals surface area contributed by atoms with Crippen LogP contribution >= 0.6 is 0 Å². The third-order valence-electron chi connectivity index (χ3n) is 3.32. The van der Waals surface area contributed by atoms with E-state index in [2.05, 4.69) is 16.9 Å². The molecule has 0 aliphatic carbocycles. The first-order valence-corrected chi connectivity index (χ1v) is 5.96. The predicted octanol–water partition coefficient (Wildman–Crippen LogP) is 0.182. The Labute approximate surface area is 100 Å². The fraction of sp³-hybridized carbons (Fsp3) is 0.500. The highest BCUT2D eigenvalue weighted by molar-refractivity contribution is 5.45. The molecule has 0 spiro atoms. The standard InChI is InChI=1S/C12H17N3O2/c13-6-9-7-14-15-12(9)8-1-2-10-11(5-8)17-4-3-16-10/h1-2,5,9,12,14-15H,3-4,6-7,13H2. The Morgan fingerprint density at radius 3 is 2.88 bits per heavy atom. The summed E-state index contributed by atoms with van der Waals surface area (Å²) in [5.74, 6) is 2.08. The van der Waals surface area contributed by atoms with Crippen LogP contribution in [-0.4, -0.2) is 26.3 Å². The van der Waals surface area contributed by atoms with E-state index in [-0.39, 0.29) is 6.04 Å². The molecule has 2 heterocycles. The quantitative estimate of drug-likeness (QED) is 0.682. The van der Waals surface area contributed by atoms with Crippen molar-refractivity contribution in [3.05, 3.63) is 23.8 Å². The minimum atomic E-state index is 0.246. The molecule has 5 nitrogen and oxygen atoms in total. The predicted molar refractivity (Wildman–Crippen MR) is 63.9 cm³/mol. The SMILES string of the molecule is NCC1CNNC1c1ccc2c(c1)OCCO2. The van der Waals surface area contributed by atoms with Gasteiger partial charge in [-0.05, 0) is 24.2 Å². The number of hydrogen-bond donors (Lipinski definition) is 3. The summed E-state index contributed by atoms with van der Waals surface area (Å²) in [6.45, 7) is 2.81. The summed E-state index contributed by atoms with van der Waals surface area (Å²) in [5.41, 5.74) is 13.4. The second kappa shape index (κ2) is 4.52. The smallest absolute Gasteiger partial charge is 0.161 e. The molecule has 0 bridgehead atoms. The summed E-state index contributed by atoms with van der Waals surface area (Å²) < 4.78 is 11.1. The number of nitrogens with two attached hydrogens (primary N) is 1. The van der Waals surface area contributed by atoms with Gasteiger partial charge in [0.1, 0.15) is 13.2 Å². The van der Waals surface area contributed by atoms with Crippen LogP contribution in [-0.2, 0) is 0 Å². The van der Waals surface area contributed by atoms with Crippen LogP contribution in [0.15, 0.2) is 18.2 Å². The van der Waals surface area contributed by atoms with Gasteiger partial charge < -0.3 is 15.2 Å². The number of hydrogen-bond acceptors (Lipinski definition) is 5. The average Bonchev–Trinajstić information content (AvgIpc) is 2.86. The summed E-state index contributed by atoms with van der Waals surface area (Å²) in [7, 11) is 0. The van der Waals surface area contributed by atoms with Crippen LogP contribution in [0.4, 0.5) is 0 Å². The second-order valence-corrected chi connectivity index (χ2v) is 4.40. The average molecular weight is 235 g/mol. The third-order valence-corrected chi connectivity index (χ3v) is 3.32. The topological polar surface area (TPSA) is 68.5 Å². The van der Waals surface area contributed by atoms with Crippen molar-refractivity contribution in [2.45, 2.75) is 6.04 Å². The number of rotatable bonds is 2. The van der Waals surface area contributed by atoms with Crippen LogP contribution in [0.25, 0.3) is 0 Å². The van der Waals surface area contributed by atoms with E-state index in [1.165, 1.54) is 5.56 Å². The van der Waals surface area contributed by atoms with E-state index in [9.17, 15) is 0 Å². The maximum absolute atomic E-state index is 5.76. The number of fused-ring (bicyclic) bond motifs is 1. The van der Waals surface area contributed by atoms with Crippen LogP contribution in [0.2, 0.25) is 0 Å². The van der Waals surface area contributed by atoms with Crippen molar-refractivity contribution in [1.29, 1.82) is 0 Å². The molecular formula is C12H17N3O2. The Balaban J connectivity index is 1.88. The van der Waals surface area contributed by atoms with Gasteiger partial charge >= 0.3 is 0 Å². The highest BCUT2D eigenvalue weighted by atomic mass is 16.6. The Morgan fingerprint density at radius 1 is 1.24 bits per heavy atom. The first kappa shape index (κ1) is 10.8. The molecule has 0 radical (unpaired) electrons. The molecule has 2 aliphatic rings. The Morgan fingerprint density at radius 2 is 2.06 bits per heavy atom.